The molecule has 0 unspecified atom stereocenters. The number of hydrogen-bond donors (Lipinski definition) is 2. The second-order valence-electron chi connectivity index (χ2n) is 3.72. The Kier molecular flexibility index (Phi) is 4.61. The highest BCUT2D eigenvalue weighted by molar-refractivity contribution is 14.1. The van der Waals surface area contributed by atoms with Crippen molar-refractivity contribution < 1.29 is 14.3 Å². The number of phenols is 1. The number of benzene rings is 2. The summed E-state index contributed by atoms with van der Waals surface area (Å²) in [4.78, 5) is 12.0. The Hall–Kier alpha value is -0.900. The third-order valence-corrected chi connectivity index (χ3v) is 3.84. The molecule has 0 aliphatic heterocycles. The van der Waals surface area contributed by atoms with Gasteiger partial charge in [0, 0.05) is 3.57 Å². The predicted molar refractivity (Wildman–Crippen MR) is 87.9 cm³/mol. The molecule has 0 bridgehead atoms. The lowest BCUT2D eigenvalue weighted by Crippen LogP contribution is -2.13. The molecule has 19 heavy (non-hydrogen) atoms. The van der Waals surface area contributed by atoms with Crippen LogP contribution < -0.4 is 5.32 Å². The van der Waals surface area contributed by atoms with Gasteiger partial charge >= 0.3 is 0 Å². The highest BCUT2D eigenvalue weighted by Crippen LogP contribution is 2.27. The van der Waals surface area contributed by atoms with Crippen LogP contribution in [0.2, 0.25) is 0 Å². The van der Waals surface area contributed by atoms with Gasteiger partial charge in [0.1, 0.15) is 11.6 Å². The van der Waals surface area contributed by atoms with Crippen LogP contribution in [0.5, 0.6) is 5.75 Å². The molecule has 1 amide bonds. The first-order valence-electron chi connectivity index (χ1n) is 5.23. The van der Waals surface area contributed by atoms with E-state index < -0.39 is 11.7 Å². The number of anilines is 1. The van der Waals surface area contributed by atoms with Crippen molar-refractivity contribution >= 4 is 56.8 Å². The van der Waals surface area contributed by atoms with Gasteiger partial charge in [-0.25, -0.2) is 4.39 Å². The third kappa shape index (κ3) is 3.35. The molecule has 0 atom stereocenters. The van der Waals surface area contributed by atoms with E-state index in [0.29, 0.717) is 3.57 Å². The van der Waals surface area contributed by atoms with E-state index in [1.165, 1.54) is 18.2 Å². The number of halogens is 3. The number of aromatic hydroxyl groups is 1. The van der Waals surface area contributed by atoms with Crippen LogP contribution in [0.25, 0.3) is 0 Å². The topological polar surface area (TPSA) is 49.3 Å². The minimum absolute atomic E-state index is 0.0840. The van der Waals surface area contributed by atoms with Gasteiger partial charge in [-0.1, -0.05) is 12.1 Å². The van der Waals surface area contributed by atoms with Crippen molar-refractivity contribution in [3.05, 3.63) is 54.9 Å². The van der Waals surface area contributed by atoms with E-state index in [1.807, 2.05) is 45.2 Å². The van der Waals surface area contributed by atoms with Crippen LogP contribution in [0.3, 0.4) is 0 Å². The van der Waals surface area contributed by atoms with Crippen molar-refractivity contribution in [2.45, 2.75) is 0 Å². The Balaban J connectivity index is 2.33. The van der Waals surface area contributed by atoms with Crippen molar-refractivity contribution in [3.63, 3.8) is 0 Å². The molecule has 2 aromatic carbocycles. The molecule has 6 heteroatoms. The molecule has 0 heterocycles. The average Bonchev–Trinajstić information content (AvgIpc) is 2.36. The van der Waals surface area contributed by atoms with Gasteiger partial charge < -0.3 is 10.4 Å². The number of para-hydroxylation sites is 1. The smallest absolute Gasteiger partial charge is 0.259 e. The normalized spacial score (nSPS) is 10.3. The van der Waals surface area contributed by atoms with Gasteiger partial charge in [-0.3, -0.25) is 4.79 Å². The first kappa shape index (κ1) is 14.5. The van der Waals surface area contributed by atoms with Crippen molar-refractivity contribution in [1.82, 2.24) is 0 Å². The highest BCUT2D eigenvalue weighted by atomic mass is 127. The molecular weight excluding hydrogens is 475 g/mol. The number of hydrogen-bond acceptors (Lipinski definition) is 2. The number of amides is 1. The van der Waals surface area contributed by atoms with Gasteiger partial charge in [-0.15, -0.1) is 0 Å². The zero-order valence-corrected chi connectivity index (χ0v) is 13.8. The largest absolute Gasteiger partial charge is 0.506 e. The molecule has 0 radical (unpaired) electrons. The molecular formula is C13H8FI2NO2. The number of nitrogens with one attached hydrogen (secondary N) is 1. The molecule has 98 valence electrons. The van der Waals surface area contributed by atoms with Gasteiger partial charge in [-0.2, -0.15) is 0 Å². The molecule has 2 rings (SSSR count). The molecule has 3 nitrogen and oxygen atoms in total. The lowest BCUT2D eigenvalue weighted by Gasteiger charge is -2.09. The summed E-state index contributed by atoms with van der Waals surface area (Å²) < 4.78 is 14.8. The van der Waals surface area contributed by atoms with Gasteiger partial charge in [0.15, 0.2) is 0 Å². The second-order valence-corrected chi connectivity index (χ2v) is 6.13. The van der Waals surface area contributed by atoms with Crippen molar-refractivity contribution in [1.29, 1.82) is 0 Å². The maximum atomic E-state index is 13.4. The molecule has 2 N–H and O–H groups in total. The lowest BCUT2D eigenvalue weighted by molar-refractivity contribution is 0.102. The van der Waals surface area contributed by atoms with Gasteiger partial charge in [0.05, 0.1) is 14.8 Å². The fourth-order valence-corrected chi connectivity index (χ4v) is 3.34. The van der Waals surface area contributed by atoms with Crippen molar-refractivity contribution in [3.8, 4) is 5.75 Å². The van der Waals surface area contributed by atoms with Crippen LogP contribution in [-0.4, -0.2) is 11.0 Å². The third-order valence-electron chi connectivity index (χ3n) is 2.39. The fourth-order valence-electron chi connectivity index (χ4n) is 1.49. The molecule has 0 saturated carbocycles. The molecule has 0 aromatic heterocycles. The minimum Gasteiger partial charge on any atom is -0.506 e. The predicted octanol–water partition coefficient (Wildman–Crippen LogP) is 3.99. The van der Waals surface area contributed by atoms with Crippen molar-refractivity contribution in [2.75, 3.05) is 5.32 Å². The summed E-state index contributed by atoms with van der Waals surface area (Å²) in [6.07, 6.45) is 0. The van der Waals surface area contributed by atoms with Gasteiger partial charge in [0.25, 0.3) is 5.91 Å². The maximum absolute atomic E-state index is 13.4. The Morgan fingerprint density at radius 3 is 2.58 bits per heavy atom. The van der Waals surface area contributed by atoms with E-state index in [4.69, 9.17) is 0 Å². The van der Waals surface area contributed by atoms with E-state index in [-0.39, 0.29) is 17.0 Å². The lowest BCUT2D eigenvalue weighted by atomic mass is 10.2. The quantitative estimate of drug-likeness (QED) is 0.636. The van der Waals surface area contributed by atoms with Crippen LogP contribution in [0.15, 0.2) is 36.4 Å². The van der Waals surface area contributed by atoms with Crippen LogP contribution in [0, 0.1) is 13.0 Å². The van der Waals surface area contributed by atoms with Crippen LogP contribution >= 0.6 is 45.2 Å². The zero-order valence-electron chi connectivity index (χ0n) is 9.45. The molecule has 0 spiro atoms. The molecule has 2 aromatic rings. The summed E-state index contributed by atoms with van der Waals surface area (Å²) in [5, 5.41) is 12.3. The summed E-state index contributed by atoms with van der Waals surface area (Å²) in [5.74, 6) is -1.16. The summed E-state index contributed by atoms with van der Waals surface area (Å²) in [6.45, 7) is 0. The summed E-state index contributed by atoms with van der Waals surface area (Å²) in [7, 11) is 0. The highest BCUT2D eigenvalue weighted by Gasteiger charge is 2.16. The Morgan fingerprint density at radius 1 is 1.21 bits per heavy atom. The number of carbonyl (C=O) groups is 1. The van der Waals surface area contributed by atoms with Crippen LogP contribution in [-0.2, 0) is 0 Å². The Labute approximate surface area is 136 Å². The summed E-state index contributed by atoms with van der Waals surface area (Å²) in [6, 6.07) is 9.18. The summed E-state index contributed by atoms with van der Waals surface area (Å²) >= 11 is 3.99. The van der Waals surface area contributed by atoms with E-state index >= 15 is 0 Å². The first-order chi connectivity index (χ1) is 8.99. The monoisotopic (exact) mass is 483 g/mol. The van der Waals surface area contributed by atoms with E-state index in [1.54, 1.807) is 18.2 Å². The second kappa shape index (κ2) is 6.04. The molecule has 0 saturated heterocycles. The standard InChI is InChI=1S/C13H8FI2NO2/c14-9-3-1-2-4-11(9)17-13(19)8-5-7(15)6-10(16)12(8)18/h1-6,18H,(H,17,19). The van der Waals surface area contributed by atoms with E-state index in [9.17, 15) is 14.3 Å². The van der Waals surface area contributed by atoms with E-state index in [2.05, 4.69) is 5.32 Å². The molecule has 0 fully saturated rings. The Bertz CT molecular complexity index is 647. The van der Waals surface area contributed by atoms with Crippen molar-refractivity contribution in [2.24, 2.45) is 0 Å². The van der Waals surface area contributed by atoms with Crippen LogP contribution in [0.4, 0.5) is 10.1 Å². The Morgan fingerprint density at radius 2 is 1.89 bits per heavy atom. The number of phenolic OH excluding ortho intramolecular Hbond substituents is 1. The molecule has 0 aliphatic carbocycles. The SMILES string of the molecule is O=C(Nc1ccccc1F)c1cc(I)cc(I)c1O. The number of rotatable bonds is 2. The van der Waals surface area contributed by atoms with Gasteiger partial charge in [0.2, 0.25) is 0 Å². The van der Waals surface area contributed by atoms with Crippen LogP contribution in [0.1, 0.15) is 10.4 Å². The number of carbonyl (C=O) groups excluding carboxylic acids is 1. The first-order valence-corrected chi connectivity index (χ1v) is 7.38. The zero-order chi connectivity index (χ0) is 14.0. The fraction of sp³-hybridized carbons (Fsp3) is 0. The summed E-state index contributed by atoms with van der Waals surface area (Å²) in [5.41, 5.74) is 0.209. The average molecular weight is 483 g/mol. The maximum Gasteiger partial charge on any atom is 0.259 e. The minimum atomic E-state index is -0.543. The molecule has 0 aliphatic rings. The van der Waals surface area contributed by atoms with E-state index in [0.717, 1.165) is 3.57 Å². The van der Waals surface area contributed by atoms with Gasteiger partial charge in [-0.05, 0) is 69.4 Å².